The number of fused-ring (bicyclic) bond motifs is 10. The van der Waals surface area contributed by atoms with Crippen LogP contribution in [0.15, 0.2) is 218 Å². The van der Waals surface area contributed by atoms with Crippen LogP contribution in [0.5, 0.6) is 11.5 Å². The van der Waals surface area contributed by atoms with E-state index in [1.165, 1.54) is 27.6 Å². The lowest BCUT2D eigenvalue weighted by Gasteiger charge is -2.41. The molecule has 0 fully saturated rings. The van der Waals surface area contributed by atoms with E-state index in [0.717, 1.165) is 62.1 Å². The minimum Gasteiger partial charge on any atom is -0.454 e. The molecule has 9 aromatic rings. The summed E-state index contributed by atoms with van der Waals surface area (Å²) in [7, 11) is 0. The van der Waals surface area contributed by atoms with E-state index in [1.807, 2.05) is 0 Å². The second kappa shape index (κ2) is 12.9. The Morgan fingerprint density at radius 2 is 0.821 bits per heavy atom. The molecule has 9 aromatic carbocycles. The molecule has 1 aliphatic carbocycles. The number of hydrogen-bond acceptors (Lipinski definition) is 3. The van der Waals surface area contributed by atoms with Crippen LogP contribution in [0.1, 0.15) is 22.3 Å². The molecular weight excluding hydrogens is 681 g/mol. The molecule has 0 amide bonds. The summed E-state index contributed by atoms with van der Waals surface area (Å²) in [5, 5.41) is 2.33. The lowest BCUT2D eigenvalue weighted by atomic mass is 9.65. The number of para-hydroxylation sites is 5. The summed E-state index contributed by atoms with van der Waals surface area (Å²) in [6.07, 6.45) is 0. The molecule has 0 radical (unpaired) electrons. The molecule has 3 nitrogen and oxygen atoms in total. The number of hydrogen-bond donors (Lipinski definition) is 0. The smallest absolute Gasteiger partial charge is 0.156 e. The summed E-state index contributed by atoms with van der Waals surface area (Å²) >= 11 is 0. The highest BCUT2D eigenvalue weighted by Crippen LogP contribution is 2.64. The highest BCUT2D eigenvalue weighted by Gasteiger charge is 2.52. The van der Waals surface area contributed by atoms with Crippen LogP contribution in [0.4, 0.5) is 34.1 Å². The molecule has 1 unspecified atom stereocenters. The number of anilines is 6. The normalized spacial score (nSPS) is 14.6. The van der Waals surface area contributed by atoms with Crippen molar-refractivity contribution in [2.45, 2.75) is 5.41 Å². The number of benzene rings is 9. The zero-order valence-electron chi connectivity index (χ0n) is 30.6. The fraction of sp³-hybridized carbons (Fsp3) is 0.0189. The Kier molecular flexibility index (Phi) is 7.39. The Balaban J connectivity index is 1.22. The average molecular weight is 717 g/mol. The molecule has 11 rings (SSSR count). The SMILES string of the molecule is c1ccc(N(c2ccccc2)c2ccc3c(c2)-c2ccccc2C32c3cc4ccccc4cc3Oc3c(N(c4ccccc4)c4ccccc4)cccc32)cc1. The number of ether oxygens (including phenoxy) is 1. The Bertz CT molecular complexity index is 2810. The second-order valence-corrected chi connectivity index (χ2v) is 14.5. The average Bonchev–Trinajstić information content (AvgIpc) is 3.55. The molecule has 0 saturated heterocycles. The maximum atomic E-state index is 7.29. The lowest BCUT2D eigenvalue weighted by molar-refractivity contribution is 0.438. The Morgan fingerprint density at radius 1 is 0.321 bits per heavy atom. The third-order valence-corrected chi connectivity index (χ3v) is 11.4. The van der Waals surface area contributed by atoms with E-state index in [-0.39, 0.29) is 0 Å². The Labute approximate surface area is 326 Å². The van der Waals surface area contributed by atoms with Gasteiger partial charge in [0.1, 0.15) is 5.75 Å². The maximum Gasteiger partial charge on any atom is 0.156 e. The summed E-state index contributed by atoms with van der Waals surface area (Å²) < 4.78 is 7.29. The van der Waals surface area contributed by atoms with Gasteiger partial charge in [-0.3, -0.25) is 0 Å². The van der Waals surface area contributed by atoms with Crippen LogP contribution in [0, 0.1) is 0 Å². The summed E-state index contributed by atoms with van der Waals surface area (Å²) in [5.41, 5.74) is 13.0. The number of nitrogens with zero attached hydrogens (tertiary/aromatic N) is 2. The molecule has 264 valence electrons. The molecule has 56 heavy (non-hydrogen) atoms. The minimum atomic E-state index is -0.656. The van der Waals surface area contributed by atoms with Gasteiger partial charge in [-0.15, -0.1) is 0 Å². The lowest BCUT2D eigenvalue weighted by Crippen LogP contribution is -2.32. The van der Waals surface area contributed by atoms with Gasteiger partial charge >= 0.3 is 0 Å². The van der Waals surface area contributed by atoms with E-state index in [2.05, 4.69) is 228 Å². The summed E-state index contributed by atoms with van der Waals surface area (Å²) in [5.74, 6) is 1.72. The van der Waals surface area contributed by atoms with Gasteiger partial charge in [0, 0.05) is 39.6 Å². The van der Waals surface area contributed by atoms with Crippen LogP contribution in [0.2, 0.25) is 0 Å². The highest BCUT2D eigenvalue weighted by molar-refractivity contribution is 5.96. The van der Waals surface area contributed by atoms with Crippen molar-refractivity contribution < 1.29 is 4.74 Å². The van der Waals surface area contributed by atoms with Crippen molar-refractivity contribution in [3.63, 3.8) is 0 Å². The fourth-order valence-corrected chi connectivity index (χ4v) is 9.13. The van der Waals surface area contributed by atoms with Gasteiger partial charge in [0.05, 0.1) is 11.1 Å². The van der Waals surface area contributed by atoms with Gasteiger partial charge in [-0.25, -0.2) is 0 Å². The first-order valence-electron chi connectivity index (χ1n) is 19.2. The molecule has 1 atom stereocenters. The van der Waals surface area contributed by atoms with Gasteiger partial charge in [0.15, 0.2) is 5.75 Å². The van der Waals surface area contributed by atoms with E-state index >= 15 is 0 Å². The molecular formula is C53H36N2O. The predicted molar refractivity (Wildman–Crippen MR) is 231 cm³/mol. The van der Waals surface area contributed by atoms with Crippen molar-refractivity contribution in [1.82, 2.24) is 0 Å². The van der Waals surface area contributed by atoms with Crippen LogP contribution < -0.4 is 14.5 Å². The van der Waals surface area contributed by atoms with Gasteiger partial charge in [0.25, 0.3) is 0 Å². The molecule has 1 spiro atoms. The Morgan fingerprint density at radius 3 is 1.45 bits per heavy atom. The third kappa shape index (κ3) is 4.84. The van der Waals surface area contributed by atoms with Gasteiger partial charge in [-0.2, -0.15) is 0 Å². The van der Waals surface area contributed by atoms with E-state index in [9.17, 15) is 0 Å². The van der Waals surface area contributed by atoms with Crippen molar-refractivity contribution in [3.8, 4) is 22.6 Å². The quantitative estimate of drug-likeness (QED) is 0.170. The van der Waals surface area contributed by atoms with Gasteiger partial charge in [-0.05, 0) is 112 Å². The summed E-state index contributed by atoms with van der Waals surface area (Å²) in [6.45, 7) is 0. The van der Waals surface area contributed by atoms with Gasteiger partial charge < -0.3 is 14.5 Å². The first kappa shape index (κ1) is 32.1. The van der Waals surface area contributed by atoms with E-state index < -0.39 is 5.41 Å². The zero-order valence-corrected chi connectivity index (χ0v) is 30.6. The highest BCUT2D eigenvalue weighted by atomic mass is 16.5. The molecule has 0 N–H and O–H groups in total. The largest absolute Gasteiger partial charge is 0.454 e. The molecule has 0 saturated carbocycles. The first-order chi connectivity index (χ1) is 27.8. The van der Waals surface area contributed by atoms with Gasteiger partial charge in [-0.1, -0.05) is 140 Å². The minimum absolute atomic E-state index is 0.656. The van der Waals surface area contributed by atoms with Gasteiger partial charge in [0.2, 0.25) is 0 Å². The molecule has 2 aliphatic rings. The third-order valence-electron chi connectivity index (χ3n) is 11.4. The van der Waals surface area contributed by atoms with E-state index in [0.29, 0.717) is 0 Å². The van der Waals surface area contributed by atoms with Crippen LogP contribution in [0.25, 0.3) is 21.9 Å². The summed E-state index contributed by atoms with van der Waals surface area (Å²) in [4.78, 5) is 4.67. The topological polar surface area (TPSA) is 15.7 Å². The monoisotopic (exact) mass is 716 g/mol. The standard InChI is InChI=1S/C53H36N2O/c1-5-20-39(21-6-1)54(40-22-7-2-8-23-40)43-32-33-47-45(36-43)44-28-15-16-29-46(44)53(47)48-30-17-31-50(55(41-24-9-3-10-25-41)42-26-11-4-12-27-42)52(48)56-51-35-38-19-14-13-18-37(38)34-49(51)53/h1-36H. The van der Waals surface area contributed by atoms with Crippen LogP contribution in [-0.4, -0.2) is 0 Å². The second-order valence-electron chi connectivity index (χ2n) is 14.5. The van der Waals surface area contributed by atoms with Crippen molar-refractivity contribution >= 4 is 44.9 Å². The molecule has 1 aliphatic heterocycles. The van der Waals surface area contributed by atoms with Crippen molar-refractivity contribution in [2.24, 2.45) is 0 Å². The fourth-order valence-electron chi connectivity index (χ4n) is 9.13. The van der Waals surface area contributed by atoms with Crippen molar-refractivity contribution in [1.29, 1.82) is 0 Å². The first-order valence-corrected chi connectivity index (χ1v) is 19.2. The maximum absolute atomic E-state index is 7.29. The number of rotatable bonds is 6. The zero-order chi connectivity index (χ0) is 37.1. The van der Waals surface area contributed by atoms with E-state index in [1.54, 1.807) is 0 Å². The van der Waals surface area contributed by atoms with Crippen LogP contribution in [-0.2, 0) is 5.41 Å². The van der Waals surface area contributed by atoms with Crippen molar-refractivity contribution in [3.05, 3.63) is 241 Å². The van der Waals surface area contributed by atoms with E-state index in [4.69, 9.17) is 4.74 Å². The van der Waals surface area contributed by atoms with Crippen LogP contribution >= 0.6 is 0 Å². The Hall–Kier alpha value is -7.36. The summed E-state index contributed by atoms with van der Waals surface area (Å²) in [6, 6.07) is 78.4. The molecule has 3 heteroatoms. The van der Waals surface area contributed by atoms with Crippen LogP contribution in [0.3, 0.4) is 0 Å². The predicted octanol–water partition coefficient (Wildman–Crippen LogP) is 14.2. The molecule has 0 aromatic heterocycles. The molecule has 1 heterocycles. The van der Waals surface area contributed by atoms with Crippen molar-refractivity contribution in [2.75, 3.05) is 9.80 Å². The molecule has 0 bridgehead atoms.